The maximum atomic E-state index is 12.3. The van der Waals surface area contributed by atoms with Gasteiger partial charge in [0.05, 0.1) is 6.42 Å². The lowest BCUT2D eigenvalue weighted by Crippen LogP contribution is -2.11. The number of hydrogen-bond acceptors (Lipinski definition) is 3. The predicted octanol–water partition coefficient (Wildman–Crippen LogP) is 1.53. The summed E-state index contributed by atoms with van der Waals surface area (Å²) in [5.74, 6) is -0.182. The van der Waals surface area contributed by atoms with Crippen LogP contribution in [0.3, 0.4) is 0 Å². The van der Waals surface area contributed by atoms with Gasteiger partial charge in [0.2, 0.25) is 0 Å². The number of aromatic nitrogens is 2. The molecule has 0 unspecified atom stereocenters. The largest absolute Gasteiger partial charge is 0.332 e. The molecule has 0 saturated heterocycles. The van der Waals surface area contributed by atoms with Crippen molar-refractivity contribution in [2.24, 2.45) is 0 Å². The number of nitrogens with zero attached hydrogens (tertiary/aromatic N) is 3. The van der Waals surface area contributed by atoms with Crippen molar-refractivity contribution in [3.8, 4) is 12.1 Å². The van der Waals surface area contributed by atoms with Crippen LogP contribution in [0.1, 0.15) is 17.2 Å². The standard InChI is InChI=1S/C7H3ClF2N4/c8-7(9,10)1-6-13-4(2-11)5(3-12)14-6/h1H2,(H,13,14). The molecule has 0 atom stereocenters. The van der Waals surface area contributed by atoms with Crippen LogP contribution in [0, 0.1) is 22.7 Å². The van der Waals surface area contributed by atoms with E-state index in [0.717, 1.165) is 0 Å². The molecule has 1 heterocycles. The van der Waals surface area contributed by atoms with Crippen molar-refractivity contribution in [1.29, 1.82) is 10.5 Å². The summed E-state index contributed by atoms with van der Waals surface area (Å²) < 4.78 is 24.6. The van der Waals surface area contributed by atoms with Gasteiger partial charge in [0, 0.05) is 0 Å². The number of rotatable bonds is 2. The third-order valence-corrected chi connectivity index (χ3v) is 1.47. The van der Waals surface area contributed by atoms with Gasteiger partial charge in [-0.25, -0.2) is 4.98 Å². The highest BCUT2D eigenvalue weighted by atomic mass is 35.5. The Bertz CT molecular complexity index is 389. The van der Waals surface area contributed by atoms with Gasteiger partial charge >= 0.3 is 5.38 Å². The Hall–Kier alpha value is -1.66. The summed E-state index contributed by atoms with van der Waals surface area (Å²) in [7, 11) is 0. The van der Waals surface area contributed by atoms with Crippen LogP contribution in [0.15, 0.2) is 0 Å². The summed E-state index contributed by atoms with van der Waals surface area (Å²) in [6.07, 6.45) is -0.842. The second-order valence-corrected chi connectivity index (χ2v) is 2.98. The van der Waals surface area contributed by atoms with Crippen molar-refractivity contribution in [3.63, 3.8) is 0 Å². The van der Waals surface area contributed by atoms with Gasteiger partial charge in [0.15, 0.2) is 11.4 Å². The van der Waals surface area contributed by atoms with E-state index in [0.29, 0.717) is 0 Å². The first-order chi connectivity index (χ1) is 6.46. The van der Waals surface area contributed by atoms with Crippen molar-refractivity contribution < 1.29 is 8.78 Å². The van der Waals surface area contributed by atoms with E-state index >= 15 is 0 Å². The van der Waals surface area contributed by atoms with Crippen molar-refractivity contribution in [1.82, 2.24) is 9.97 Å². The Morgan fingerprint density at radius 1 is 1.43 bits per heavy atom. The number of nitrogens with one attached hydrogen (secondary N) is 1. The Kier molecular flexibility index (Phi) is 2.68. The van der Waals surface area contributed by atoms with Crippen molar-refractivity contribution >= 4 is 11.6 Å². The number of H-pyrrole nitrogens is 1. The molecule has 0 aliphatic heterocycles. The number of halogens is 3. The third kappa shape index (κ3) is 2.41. The predicted molar refractivity (Wildman–Crippen MR) is 42.5 cm³/mol. The van der Waals surface area contributed by atoms with Crippen LogP contribution in [-0.2, 0) is 6.42 Å². The van der Waals surface area contributed by atoms with Crippen LogP contribution < -0.4 is 0 Å². The molecule has 0 fully saturated rings. The van der Waals surface area contributed by atoms with Gasteiger partial charge in [-0.05, 0) is 11.6 Å². The van der Waals surface area contributed by atoms with Gasteiger partial charge in [-0.1, -0.05) is 0 Å². The average Bonchev–Trinajstić information content (AvgIpc) is 2.43. The lowest BCUT2D eigenvalue weighted by Gasteiger charge is -2.03. The Morgan fingerprint density at radius 2 is 2.07 bits per heavy atom. The van der Waals surface area contributed by atoms with E-state index in [9.17, 15) is 8.78 Å². The SMILES string of the molecule is N#Cc1nc(CC(F)(F)Cl)[nH]c1C#N. The minimum atomic E-state index is -3.43. The molecule has 1 aromatic rings. The summed E-state index contributed by atoms with van der Waals surface area (Å²) in [6, 6.07) is 3.22. The summed E-state index contributed by atoms with van der Waals surface area (Å²) in [5.41, 5.74) is -0.341. The number of imidazole rings is 1. The van der Waals surface area contributed by atoms with E-state index in [2.05, 4.69) is 21.6 Å². The lowest BCUT2D eigenvalue weighted by molar-refractivity contribution is 0.0948. The van der Waals surface area contributed by atoms with Crippen molar-refractivity contribution in [2.45, 2.75) is 11.8 Å². The van der Waals surface area contributed by atoms with E-state index in [1.165, 1.54) is 0 Å². The molecule has 0 aliphatic carbocycles. The fourth-order valence-corrected chi connectivity index (χ4v) is 0.984. The zero-order valence-electron chi connectivity index (χ0n) is 6.68. The number of nitriles is 2. The topological polar surface area (TPSA) is 76.3 Å². The summed E-state index contributed by atoms with van der Waals surface area (Å²) >= 11 is 4.66. The molecule has 7 heteroatoms. The van der Waals surface area contributed by atoms with E-state index in [1.807, 2.05) is 0 Å². The second kappa shape index (κ2) is 3.60. The highest BCUT2D eigenvalue weighted by Crippen LogP contribution is 2.23. The van der Waals surface area contributed by atoms with Gasteiger partial charge in [-0.15, -0.1) is 0 Å². The molecule has 4 nitrogen and oxygen atoms in total. The van der Waals surface area contributed by atoms with Gasteiger partial charge in [0.25, 0.3) is 0 Å². The second-order valence-electron chi connectivity index (χ2n) is 2.42. The zero-order valence-corrected chi connectivity index (χ0v) is 7.44. The average molecular weight is 217 g/mol. The number of alkyl halides is 3. The normalized spacial score (nSPS) is 10.6. The highest BCUT2D eigenvalue weighted by Gasteiger charge is 2.27. The molecule has 0 saturated carbocycles. The molecule has 0 amide bonds. The highest BCUT2D eigenvalue weighted by molar-refractivity contribution is 6.21. The van der Waals surface area contributed by atoms with E-state index < -0.39 is 11.8 Å². The molecule has 0 spiro atoms. The van der Waals surface area contributed by atoms with Crippen LogP contribution in [0.2, 0.25) is 0 Å². The monoisotopic (exact) mass is 216 g/mol. The molecular weight excluding hydrogens is 214 g/mol. The van der Waals surface area contributed by atoms with Crippen LogP contribution >= 0.6 is 11.6 Å². The fourth-order valence-electron chi connectivity index (χ4n) is 0.858. The van der Waals surface area contributed by atoms with Crippen molar-refractivity contribution in [3.05, 3.63) is 17.2 Å². The molecular formula is C7H3ClF2N4. The Labute approximate surface area is 82.7 Å². The Balaban J connectivity index is 2.99. The first kappa shape index (κ1) is 10.4. The molecule has 1 aromatic heterocycles. The molecule has 0 aliphatic rings. The molecule has 0 radical (unpaired) electrons. The zero-order chi connectivity index (χ0) is 10.8. The quantitative estimate of drug-likeness (QED) is 0.762. The molecule has 0 bridgehead atoms. The smallest absolute Gasteiger partial charge is 0.328 e. The summed E-state index contributed by atoms with van der Waals surface area (Å²) in [6.45, 7) is 0. The van der Waals surface area contributed by atoms with Gasteiger partial charge in [-0.2, -0.15) is 19.3 Å². The first-order valence-corrected chi connectivity index (χ1v) is 3.80. The number of hydrogen-bond donors (Lipinski definition) is 1. The lowest BCUT2D eigenvalue weighted by atomic mass is 10.4. The maximum Gasteiger partial charge on any atom is 0.328 e. The Morgan fingerprint density at radius 3 is 2.43 bits per heavy atom. The molecule has 1 rings (SSSR count). The molecule has 14 heavy (non-hydrogen) atoms. The maximum absolute atomic E-state index is 12.3. The minimum absolute atomic E-state index is 0.136. The van der Waals surface area contributed by atoms with E-state index in [-0.39, 0.29) is 17.2 Å². The number of aromatic amines is 1. The molecule has 1 N–H and O–H groups in total. The fraction of sp³-hybridized carbons (Fsp3) is 0.286. The minimum Gasteiger partial charge on any atom is -0.332 e. The van der Waals surface area contributed by atoms with E-state index in [4.69, 9.17) is 10.5 Å². The van der Waals surface area contributed by atoms with E-state index in [1.54, 1.807) is 12.1 Å². The third-order valence-electron chi connectivity index (χ3n) is 1.34. The van der Waals surface area contributed by atoms with Gasteiger partial charge < -0.3 is 4.98 Å². The first-order valence-electron chi connectivity index (χ1n) is 3.42. The molecule has 0 aromatic carbocycles. The molecule has 72 valence electrons. The summed E-state index contributed by atoms with van der Waals surface area (Å²) in [4.78, 5) is 5.76. The van der Waals surface area contributed by atoms with Gasteiger partial charge in [0.1, 0.15) is 18.0 Å². The van der Waals surface area contributed by atoms with Gasteiger partial charge in [-0.3, -0.25) is 0 Å². The summed E-state index contributed by atoms with van der Waals surface area (Å²) in [5, 5.41) is 13.5. The van der Waals surface area contributed by atoms with Crippen LogP contribution in [0.4, 0.5) is 8.78 Å². The van der Waals surface area contributed by atoms with Crippen LogP contribution in [0.25, 0.3) is 0 Å². The van der Waals surface area contributed by atoms with Crippen LogP contribution in [-0.4, -0.2) is 15.3 Å². The van der Waals surface area contributed by atoms with Crippen molar-refractivity contribution in [2.75, 3.05) is 0 Å². The van der Waals surface area contributed by atoms with Crippen LogP contribution in [0.5, 0.6) is 0 Å².